The quantitative estimate of drug-likeness (QED) is 0.848. The van der Waals surface area contributed by atoms with Crippen molar-refractivity contribution < 1.29 is 14.7 Å². The summed E-state index contributed by atoms with van der Waals surface area (Å²) in [4.78, 5) is 7.41. The molecule has 0 aliphatic carbocycles. The third-order valence-corrected chi connectivity index (χ3v) is 4.28. The van der Waals surface area contributed by atoms with Gasteiger partial charge in [0.15, 0.2) is 0 Å². The Labute approximate surface area is 120 Å². The Morgan fingerprint density at radius 3 is 2.85 bits per heavy atom. The Kier molecular flexibility index (Phi) is 4.11. The summed E-state index contributed by atoms with van der Waals surface area (Å²) in [6.45, 7) is 1.88. The van der Waals surface area contributed by atoms with Crippen molar-refractivity contribution in [3.05, 3.63) is 23.4 Å². The highest BCUT2D eigenvalue weighted by Crippen LogP contribution is 2.21. The zero-order valence-corrected chi connectivity index (χ0v) is 11.8. The van der Waals surface area contributed by atoms with Gasteiger partial charge in [0.1, 0.15) is 0 Å². The lowest BCUT2D eigenvalue weighted by Gasteiger charge is -2.13. The first kappa shape index (κ1) is 13.7. The Hall–Kier alpha value is -1.28. The Morgan fingerprint density at radius 2 is 2.15 bits per heavy atom. The second kappa shape index (κ2) is 6.01. The van der Waals surface area contributed by atoms with Crippen LogP contribution in [0.3, 0.4) is 0 Å². The van der Waals surface area contributed by atoms with Crippen LogP contribution in [-0.4, -0.2) is 57.1 Å². The molecule has 1 saturated heterocycles. The average Bonchev–Trinajstić information content (AvgIpc) is 3.12. The Morgan fingerprint density at radius 1 is 1.35 bits per heavy atom. The predicted octanol–water partition coefficient (Wildman–Crippen LogP) is 0.768. The number of aliphatic hydroxyl groups is 2. The molecule has 20 heavy (non-hydrogen) atoms. The second-order valence-corrected chi connectivity index (χ2v) is 5.93. The predicted molar refractivity (Wildman–Crippen MR) is 74.4 cm³/mol. The highest BCUT2D eigenvalue weighted by atomic mass is 32.1. The fourth-order valence-corrected chi connectivity index (χ4v) is 2.99. The lowest BCUT2D eigenvalue weighted by atomic mass is 10.3. The van der Waals surface area contributed by atoms with Crippen LogP contribution in [0.2, 0.25) is 0 Å². The number of hydrogen-bond acceptors (Lipinski definition) is 7. The van der Waals surface area contributed by atoms with E-state index in [4.69, 9.17) is 4.52 Å². The van der Waals surface area contributed by atoms with Gasteiger partial charge >= 0.3 is 0 Å². The standard InChI is InChI=1S/C13H17N3O3S/c17-9-7-16(8-10(9)18)5-1-4-12-14-13(15-19-12)11-3-2-6-20-11/h2-3,6,9-10,17-18H,1,4-5,7-8H2/t9-,10+. The van der Waals surface area contributed by atoms with Crippen molar-refractivity contribution in [1.29, 1.82) is 0 Å². The number of aromatic nitrogens is 2. The van der Waals surface area contributed by atoms with Crippen molar-refractivity contribution in [3.63, 3.8) is 0 Å². The van der Waals surface area contributed by atoms with Crippen LogP contribution in [0.25, 0.3) is 10.7 Å². The maximum atomic E-state index is 9.46. The smallest absolute Gasteiger partial charge is 0.227 e. The monoisotopic (exact) mass is 295 g/mol. The molecule has 2 aromatic rings. The molecule has 0 unspecified atom stereocenters. The summed E-state index contributed by atoms with van der Waals surface area (Å²) in [7, 11) is 0. The van der Waals surface area contributed by atoms with Crippen LogP contribution in [0.1, 0.15) is 12.3 Å². The lowest BCUT2D eigenvalue weighted by molar-refractivity contribution is 0.0572. The summed E-state index contributed by atoms with van der Waals surface area (Å²) in [5, 5.41) is 24.9. The topological polar surface area (TPSA) is 82.6 Å². The van der Waals surface area contributed by atoms with Crippen LogP contribution in [0, 0.1) is 0 Å². The molecule has 108 valence electrons. The van der Waals surface area contributed by atoms with E-state index in [0.717, 1.165) is 17.8 Å². The van der Waals surface area contributed by atoms with E-state index in [2.05, 4.69) is 10.1 Å². The van der Waals surface area contributed by atoms with Gasteiger partial charge in [0.05, 0.1) is 17.1 Å². The third kappa shape index (κ3) is 3.06. The average molecular weight is 295 g/mol. The zero-order chi connectivity index (χ0) is 13.9. The van der Waals surface area contributed by atoms with E-state index in [1.807, 2.05) is 22.4 Å². The van der Waals surface area contributed by atoms with Gasteiger partial charge in [-0.3, -0.25) is 4.90 Å². The molecular weight excluding hydrogens is 278 g/mol. The van der Waals surface area contributed by atoms with Gasteiger partial charge in [-0.05, 0) is 24.4 Å². The number of thiophene rings is 1. The van der Waals surface area contributed by atoms with E-state index in [-0.39, 0.29) is 0 Å². The highest BCUT2D eigenvalue weighted by molar-refractivity contribution is 7.13. The number of rotatable bonds is 5. The van der Waals surface area contributed by atoms with Crippen LogP contribution in [0.15, 0.2) is 22.0 Å². The number of nitrogens with zero attached hydrogens (tertiary/aromatic N) is 3. The van der Waals surface area contributed by atoms with Gasteiger partial charge in [0.2, 0.25) is 11.7 Å². The summed E-state index contributed by atoms with van der Waals surface area (Å²) in [5.74, 6) is 1.27. The molecule has 0 aromatic carbocycles. The number of β-amino-alcohol motifs (C(OH)–C–C–N with tert-alkyl or cyclic N) is 2. The van der Waals surface area contributed by atoms with Crippen molar-refractivity contribution in [1.82, 2.24) is 15.0 Å². The molecule has 0 amide bonds. The first-order chi connectivity index (χ1) is 9.72. The van der Waals surface area contributed by atoms with Gasteiger partial charge in [-0.25, -0.2) is 0 Å². The molecule has 1 aliphatic rings. The number of hydrogen-bond donors (Lipinski definition) is 2. The van der Waals surface area contributed by atoms with E-state index < -0.39 is 12.2 Å². The molecule has 0 bridgehead atoms. The van der Waals surface area contributed by atoms with Gasteiger partial charge in [0, 0.05) is 19.5 Å². The summed E-state index contributed by atoms with van der Waals surface area (Å²) in [5.41, 5.74) is 0. The van der Waals surface area contributed by atoms with Crippen LogP contribution in [0.4, 0.5) is 0 Å². The van der Waals surface area contributed by atoms with Gasteiger partial charge in [0.25, 0.3) is 0 Å². The van der Waals surface area contributed by atoms with Crippen molar-refractivity contribution in [2.45, 2.75) is 25.0 Å². The summed E-state index contributed by atoms with van der Waals surface area (Å²) in [6.07, 6.45) is 0.333. The van der Waals surface area contributed by atoms with E-state index in [0.29, 0.717) is 31.2 Å². The molecular formula is C13H17N3O3S. The van der Waals surface area contributed by atoms with Gasteiger partial charge in [-0.1, -0.05) is 11.2 Å². The van der Waals surface area contributed by atoms with Crippen molar-refractivity contribution in [2.75, 3.05) is 19.6 Å². The minimum absolute atomic E-state index is 0.533. The number of aryl methyl sites for hydroxylation is 1. The maximum absolute atomic E-state index is 9.46. The van der Waals surface area contributed by atoms with Crippen molar-refractivity contribution in [2.24, 2.45) is 0 Å². The third-order valence-electron chi connectivity index (χ3n) is 3.41. The SMILES string of the molecule is O[C@@H]1CN(CCCc2nc(-c3cccs3)no2)C[C@@H]1O. The molecule has 1 fully saturated rings. The fraction of sp³-hybridized carbons (Fsp3) is 0.538. The zero-order valence-electron chi connectivity index (χ0n) is 11.0. The molecule has 2 aromatic heterocycles. The fourth-order valence-electron chi connectivity index (χ4n) is 2.35. The molecule has 6 nitrogen and oxygen atoms in total. The van der Waals surface area contributed by atoms with Crippen LogP contribution < -0.4 is 0 Å². The number of likely N-dealkylation sites (tertiary alicyclic amines) is 1. The van der Waals surface area contributed by atoms with Gasteiger partial charge in [-0.2, -0.15) is 4.98 Å². The summed E-state index contributed by atoms with van der Waals surface area (Å²) >= 11 is 1.59. The Bertz CT molecular complexity index is 533. The van der Waals surface area contributed by atoms with E-state index >= 15 is 0 Å². The van der Waals surface area contributed by atoms with Crippen LogP contribution >= 0.6 is 11.3 Å². The molecule has 3 rings (SSSR count). The van der Waals surface area contributed by atoms with E-state index in [9.17, 15) is 10.2 Å². The molecule has 2 N–H and O–H groups in total. The van der Waals surface area contributed by atoms with Crippen LogP contribution in [-0.2, 0) is 6.42 Å². The normalized spacial score (nSPS) is 23.5. The second-order valence-electron chi connectivity index (χ2n) is 4.99. The largest absolute Gasteiger partial charge is 0.389 e. The molecule has 1 aliphatic heterocycles. The molecule has 2 atom stereocenters. The summed E-state index contributed by atoms with van der Waals surface area (Å²) < 4.78 is 5.22. The highest BCUT2D eigenvalue weighted by Gasteiger charge is 2.28. The van der Waals surface area contributed by atoms with Crippen LogP contribution in [0.5, 0.6) is 0 Å². The van der Waals surface area contributed by atoms with E-state index in [1.165, 1.54) is 0 Å². The molecule has 0 spiro atoms. The minimum Gasteiger partial charge on any atom is -0.389 e. The maximum Gasteiger partial charge on any atom is 0.227 e. The Balaban J connectivity index is 1.47. The summed E-state index contributed by atoms with van der Waals surface area (Å²) in [6, 6.07) is 3.92. The first-order valence-electron chi connectivity index (χ1n) is 6.67. The molecule has 7 heteroatoms. The van der Waals surface area contributed by atoms with E-state index in [1.54, 1.807) is 11.3 Å². The lowest BCUT2D eigenvalue weighted by Crippen LogP contribution is -2.23. The molecule has 3 heterocycles. The van der Waals surface area contributed by atoms with Crippen molar-refractivity contribution >= 4 is 11.3 Å². The van der Waals surface area contributed by atoms with Gasteiger partial charge in [-0.15, -0.1) is 11.3 Å². The minimum atomic E-state index is -0.621. The molecule has 0 radical (unpaired) electrons. The number of aliphatic hydroxyl groups excluding tert-OH is 2. The first-order valence-corrected chi connectivity index (χ1v) is 7.55. The van der Waals surface area contributed by atoms with Gasteiger partial charge < -0.3 is 14.7 Å². The van der Waals surface area contributed by atoms with Crippen molar-refractivity contribution in [3.8, 4) is 10.7 Å². The molecule has 0 saturated carbocycles.